The predicted octanol–water partition coefficient (Wildman–Crippen LogP) is 1.65. The van der Waals surface area contributed by atoms with Crippen LogP contribution in [-0.2, 0) is 13.6 Å². The number of carbonyl (C=O) groups excluding carboxylic acids is 1. The maximum Gasteiger partial charge on any atom is 0.230 e. The molecule has 1 heterocycles. The molecule has 1 rings (SSSR count). The lowest BCUT2D eigenvalue weighted by Gasteiger charge is -2.53. The van der Waals surface area contributed by atoms with Crippen molar-refractivity contribution in [2.75, 3.05) is 0 Å². The minimum absolute atomic E-state index is 0.00479. The Labute approximate surface area is 127 Å². The van der Waals surface area contributed by atoms with E-state index in [1.54, 1.807) is 0 Å². The lowest BCUT2D eigenvalue weighted by Crippen LogP contribution is -2.69. The van der Waals surface area contributed by atoms with Crippen LogP contribution in [0.15, 0.2) is 0 Å². The first-order chi connectivity index (χ1) is 8.80. The zero-order chi connectivity index (χ0) is 15.9. The van der Waals surface area contributed by atoms with Crippen LogP contribution in [0.3, 0.4) is 0 Å². The van der Waals surface area contributed by atoms with Gasteiger partial charge >= 0.3 is 0 Å². The molecule has 1 aliphatic heterocycles. The van der Waals surface area contributed by atoms with Gasteiger partial charge in [0.15, 0.2) is 8.32 Å². The zero-order valence-electron chi connectivity index (χ0n) is 14.5. The van der Waals surface area contributed by atoms with E-state index >= 15 is 0 Å². The Hall–Kier alpha value is -0.176. The Morgan fingerprint density at radius 1 is 1.20 bits per heavy atom. The minimum Gasteiger partial charge on any atom is -0.424 e. The van der Waals surface area contributed by atoms with Gasteiger partial charge in [0, 0.05) is 5.41 Å². The molecule has 0 radical (unpaired) electrons. The number of rotatable bonds is 5. The predicted molar refractivity (Wildman–Crippen MR) is 87.9 cm³/mol. The molecule has 3 atom stereocenters. The summed E-state index contributed by atoms with van der Waals surface area (Å²) in [7, 11) is -1.01. The highest BCUT2D eigenvalue weighted by Crippen LogP contribution is 2.45. The summed E-state index contributed by atoms with van der Waals surface area (Å²) in [5.74, 6) is -0.0429. The molecular formula is C14H31NO3Si2. The second-order valence-corrected chi connectivity index (χ2v) is 13.4. The number of hydrogen-bond donors (Lipinski definition) is 1. The van der Waals surface area contributed by atoms with Gasteiger partial charge in [0.1, 0.15) is 16.7 Å². The van der Waals surface area contributed by atoms with Crippen molar-refractivity contribution in [2.24, 2.45) is 16.7 Å². The first-order valence-electron chi connectivity index (χ1n) is 7.31. The van der Waals surface area contributed by atoms with E-state index in [2.05, 4.69) is 59.6 Å². The number of hydrogen-bond acceptors (Lipinski definition) is 3. The van der Waals surface area contributed by atoms with Gasteiger partial charge in [-0.05, 0) is 25.1 Å². The summed E-state index contributed by atoms with van der Waals surface area (Å²) < 4.78 is 12.0. The third kappa shape index (κ3) is 3.72. The normalized spacial score (nSPS) is 26.1. The number of amides is 1. The molecule has 0 bridgehead atoms. The Balaban J connectivity index is 2.97. The van der Waals surface area contributed by atoms with Crippen molar-refractivity contribution in [3.8, 4) is 0 Å². The molecule has 20 heavy (non-hydrogen) atoms. The summed E-state index contributed by atoms with van der Waals surface area (Å²) in [4.78, 5) is 12.1. The van der Waals surface area contributed by atoms with Crippen molar-refractivity contribution in [3.63, 3.8) is 0 Å². The lowest BCUT2D eigenvalue weighted by molar-refractivity contribution is -0.165. The smallest absolute Gasteiger partial charge is 0.230 e. The van der Waals surface area contributed by atoms with Crippen molar-refractivity contribution < 1.29 is 13.6 Å². The number of nitrogens with one attached hydrogen (secondary N) is 1. The number of carbonyl (C=O) groups is 1. The van der Waals surface area contributed by atoms with Gasteiger partial charge in [-0.3, -0.25) is 4.79 Å². The van der Waals surface area contributed by atoms with Gasteiger partial charge in [-0.2, -0.15) is 0 Å². The summed E-state index contributed by atoms with van der Waals surface area (Å²) in [6.45, 7) is 17.2. The van der Waals surface area contributed by atoms with E-state index in [1.165, 1.54) is 0 Å². The molecule has 1 aliphatic rings. The van der Waals surface area contributed by atoms with E-state index in [0.717, 1.165) is 0 Å². The molecular weight excluding hydrogens is 286 g/mol. The fourth-order valence-corrected chi connectivity index (χ4v) is 5.77. The quantitative estimate of drug-likeness (QED) is 0.619. The van der Waals surface area contributed by atoms with Crippen LogP contribution in [0, 0.1) is 16.7 Å². The molecule has 1 N–H and O–H groups in total. The first kappa shape index (κ1) is 17.9. The highest BCUT2D eigenvalue weighted by molar-refractivity contribution is 6.69. The van der Waals surface area contributed by atoms with E-state index in [-0.39, 0.29) is 35.0 Å². The van der Waals surface area contributed by atoms with Crippen molar-refractivity contribution >= 4 is 24.7 Å². The van der Waals surface area contributed by atoms with Crippen LogP contribution in [0.4, 0.5) is 0 Å². The van der Waals surface area contributed by atoms with Crippen LogP contribution in [0.2, 0.25) is 19.6 Å². The Bertz CT molecular complexity index is 372. The minimum atomic E-state index is -1.68. The molecule has 0 aromatic heterocycles. The standard InChI is InChI=1S/C14H31NO3Si2/c1-13(2,3)12(17-19)14(4,5)9-10(16)15-11(9)18-20(6,7)8/h9,11-12H,1-8,19H3,(H,15,16)/t9-,11+,12+/m0/s1. The maximum atomic E-state index is 12.1. The molecule has 0 spiro atoms. The topological polar surface area (TPSA) is 47.6 Å². The van der Waals surface area contributed by atoms with Crippen LogP contribution in [-0.4, -0.2) is 37.0 Å². The van der Waals surface area contributed by atoms with Gasteiger partial charge in [0.2, 0.25) is 5.91 Å². The largest absolute Gasteiger partial charge is 0.424 e. The highest BCUT2D eigenvalue weighted by atomic mass is 28.4. The van der Waals surface area contributed by atoms with Crippen molar-refractivity contribution in [3.05, 3.63) is 0 Å². The van der Waals surface area contributed by atoms with Crippen LogP contribution < -0.4 is 5.32 Å². The molecule has 0 saturated carbocycles. The summed E-state index contributed by atoms with van der Waals surface area (Å²) in [5.41, 5.74) is -0.239. The van der Waals surface area contributed by atoms with Gasteiger partial charge in [-0.25, -0.2) is 0 Å². The molecule has 0 unspecified atom stereocenters. The summed E-state index contributed by atoms with van der Waals surface area (Å²) in [6.07, 6.45) is -0.115. The maximum absolute atomic E-state index is 12.1. The number of β-lactam (4-membered cyclic amide) rings is 1. The monoisotopic (exact) mass is 317 g/mol. The van der Waals surface area contributed by atoms with E-state index in [1.807, 2.05) is 0 Å². The van der Waals surface area contributed by atoms with Crippen LogP contribution in [0.5, 0.6) is 0 Å². The molecule has 1 amide bonds. The molecule has 0 aromatic carbocycles. The van der Waals surface area contributed by atoms with Crippen molar-refractivity contribution in [1.82, 2.24) is 5.32 Å². The third-order valence-electron chi connectivity index (χ3n) is 3.85. The third-order valence-corrected chi connectivity index (χ3v) is 5.28. The molecule has 4 nitrogen and oxygen atoms in total. The molecule has 1 fully saturated rings. The highest BCUT2D eigenvalue weighted by Gasteiger charge is 2.55. The Kier molecular flexibility index (Phi) is 4.96. The molecule has 6 heteroatoms. The Morgan fingerprint density at radius 3 is 2.00 bits per heavy atom. The van der Waals surface area contributed by atoms with Crippen LogP contribution >= 0.6 is 0 Å². The van der Waals surface area contributed by atoms with Gasteiger partial charge < -0.3 is 14.2 Å². The molecule has 118 valence electrons. The van der Waals surface area contributed by atoms with Crippen LogP contribution in [0.25, 0.3) is 0 Å². The van der Waals surface area contributed by atoms with Gasteiger partial charge in [0.25, 0.3) is 0 Å². The van der Waals surface area contributed by atoms with Gasteiger partial charge in [-0.1, -0.05) is 34.6 Å². The second kappa shape index (κ2) is 5.55. The summed E-state index contributed by atoms with van der Waals surface area (Å²) >= 11 is 0. The SMILES string of the molecule is CC(C)(C)[C@@H](O[SiH3])C(C)(C)[C@H]1C(=O)N[C@@H]1O[Si](C)(C)C. The van der Waals surface area contributed by atoms with E-state index < -0.39 is 8.32 Å². The summed E-state index contributed by atoms with van der Waals surface area (Å²) in [6, 6.07) is 0. The Morgan fingerprint density at radius 2 is 1.70 bits per heavy atom. The average molecular weight is 318 g/mol. The average Bonchev–Trinajstić information content (AvgIpc) is 2.10. The fourth-order valence-electron chi connectivity index (χ4n) is 3.50. The lowest BCUT2D eigenvalue weighted by atomic mass is 9.63. The van der Waals surface area contributed by atoms with Crippen molar-refractivity contribution in [2.45, 2.75) is 66.6 Å². The molecule has 0 aliphatic carbocycles. The van der Waals surface area contributed by atoms with E-state index in [0.29, 0.717) is 10.5 Å². The molecule has 1 saturated heterocycles. The fraction of sp³-hybridized carbons (Fsp3) is 0.929. The first-order valence-corrected chi connectivity index (χ1v) is 11.5. The van der Waals surface area contributed by atoms with Gasteiger partial charge in [0.05, 0.1) is 12.0 Å². The molecule has 0 aromatic rings. The van der Waals surface area contributed by atoms with Gasteiger partial charge in [-0.15, -0.1) is 0 Å². The second-order valence-electron chi connectivity index (χ2n) is 8.44. The van der Waals surface area contributed by atoms with Crippen LogP contribution in [0.1, 0.15) is 34.6 Å². The van der Waals surface area contributed by atoms with E-state index in [4.69, 9.17) is 8.85 Å². The van der Waals surface area contributed by atoms with Crippen molar-refractivity contribution in [1.29, 1.82) is 0 Å². The summed E-state index contributed by atoms with van der Waals surface area (Å²) in [5, 5.41) is 2.92. The van der Waals surface area contributed by atoms with E-state index in [9.17, 15) is 4.79 Å². The zero-order valence-corrected chi connectivity index (χ0v) is 17.5.